The van der Waals surface area contributed by atoms with E-state index < -0.39 is 65.9 Å². The number of hydrogen-bond acceptors (Lipinski definition) is 17. The van der Waals surface area contributed by atoms with Crippen molar-refractivity contribution < 1.29 is 61.9 Å². The van der Waals surface area contributed by atoms with Crippen molar-refractivity contribution in [2.24, 2.45) is 0 Å². The molecule has 0 bridgehead atoms. The van der Waals surface area contributed by atoms with Crippen LogP contribution in [-0.2, 0) is 57.2 Å². The second kappa shape index (κ2) is 17.7. The van der Waals surface area contributed by atoms with Gasteiger partial charge in [0, 0.05) is 32.5 Å². The van der Waals surface area contributed by atoms with Gasteiger partial charge in [0.1, 0.15) is 6.61 Å². The number of ether oxygens (including phenoxy) is 7. The van der Waals surface area contributed by atoms with Crippen LogP contribution < -0.4 is 9.64 Å². The molecule has 47 heavy (non-hydrogen) atoms. The molecule has 0 N–H and O–H groups in total. The summed E-state index contributed by atoms with van der Waals surface area (Å²) in [6.45, 7) is 14.9. The average molecular weight is 689 g/mol. The van der Waals surface area contributed by atoms with Gasteiger partial charge >= 0.3 is 29.8 Å². The summed E-state index contributed by atoms with van der Waals surface area (Å²) in [6, 6.07) is 0. The molecule has 0 saturated carbocycles. The molecule has 0 radical (unpaired) electrons. The predicted molar refractivity (Wildman–Crippen MR) is 163 cm³/mol. The van der Waals surface area contributed by atoms with E-state index in [9.17, 15) is 28.8 Å². The number of hydrogen-bond donors (Lipinski definition) is 0. The van der Waals surface area contributed by atoms with E-state index in [4.69, 9.17) is 33.2 Å². The van der Waals surface area contributed by atoms with E-state index in [2.05, 4.69) is 8.75 Å². The van der Waals surface area contributed by atoms with Gasteiger partial charge < -0.3 is 43.0 Å². The molecule has 2 rings (SSSR count). The zero-order valence-electron chi connectivity index (χ0n) is 28.1. The number of anilines is 1. The van der Waals surface area contributed by atoms with E-state index in [1.54, 1.807) is 0 Å². The fraction of sp³-hybridized carbons (Fsp3) is 0.724. The molecule has 17 nitrogen and oxygen atoms in total. The minimum atomic E-state index is -1.49. The van der Waals surface area contributed by atoms with Crippen molar-refractivity contribution in [3.05, 3.63) is 0 Å². The number of carbonyl (C=O) groups excluding carboxylic acids is 6. The van der Waals surface area contributed by atoms with Crippen molar-refractivity contribution >= 4 is 53.3 Å². The van der Waals surface area contributed by atoms with Crippen molar-refractivity contribution in [3.63, 3.8) is 0 Å². The molecule has 1 fully saturated rings. The molecule has 0 spiro atoms. The summed E-state index contributed by atoms with van der Waals surface area (Å²) in [5.74, 6) is -4.32. The maximum atomic E-state index is 13.1. The van der Waals surface area contributed by atoms with Gasteiger partial charge in [-0.3, -0.25) is 9.59 Å². The lowest BCUT2D eigenvalue weighted by Gasteiger charge is -2.37. The van der Waals surface area contributed by atoms with Crippen LogP contribution in [0.1, 0.15) is 62.3 Å². The van der Waals surface area contributed by atoms with Gasteiger partial charge in [0.15, 0.2) is 30.5 Å². The Bertz CT molecular complexity index is 1260. The number of carbonyl (C=O) groups is 6. The quantitative estimate of drug-likeness (QED) is 0.187. The average Bonchev–Trinajstić information content (AvgIpc) is 3.46. The van der Waals surface area contributed by atoms with Gasteiger partial charge in [-0.1, -0.05) is 0 Å². The largest absolute Gasteiger partial charge is 0.470 e. The Kier molecular flexibility index (Phi) is 14.8. The van der Waals surface area contributed by atoms with Crippen LogP contribution in [0.4, 0.5) is 5.82 Å². The van der Waals surface area contributed by atoms with E-state index in [1.807, 2.05) is 25.7 Å². The van der Waals surface area contributed by atoms with Gasteiger partial charge in [0.2, 0.25) is 11.7 Å². The molecule has 1 saturated heterocycles. The second-order valence-corrected chi connectivity index (χ2v) is 12.2. The van der Waals surface area contributed by atoms with E-state index in [-0.39, 0.29) is 24.9 Å². The van der Waals surface area contributed by atoms with Crippen LogP contribution in [-0.4, -0.2) is 125 Å². The van der Waals surface area contributed by atoms with Gasteiger partial charge in [-0.15, -0.1) is 4.37 Å². The highest BCUT2D eigenvalue weighted by Gasteiger charge is 2.33. The third-order valence-corrected chi connectivity index (χ3v) is 7.07. The molecule has 1 amide bonds. The van der Waals surface area contributed by atoms with Crippen molar-refractivity contribution in [2.45, 2.75) is 98.4 Å². The molecule has 5 atom stereocenters. The Hall–Kier alpha value is -4.06. The highest BCUT2D eigenvalue weighted by Crippen LogP contribution is 2.27. The molecule has 0 aliphatic carbocycles. The lowest BCUT2D eigenvalue weighted by atomic mass is 10.1. The van der Waals surface area contributed by atoms with Gasteiger partial charge in [-0.25, -0.2) is 19.2 Å². The van der Waals surface area contributed by atoms with Crippen LogP contribution in [0.25, 0.3) is 0 Å². The topological polar surface area (TPSA) is 199 Å². The van der Waals surface area contributed by atoms with E-state index in [0.29, 0.717) is 32.1 Å². The third kappa shape index (κ3) is 12.6. The normalized spacial score (nSPS) is 16.4. The maximum Gasteiger partial charge on any atom is 0.347 e. The Morgan fingerprint density at radius 3 is 1.70 bits per heavy atom. The number of rotatable bonds is 15. The number of aromatic nitrogens is 2. The van der Waals surface area contributed by atoms with E-state index in [1.165, 1.54) is 39.5 Å². The molecule has 18 heteroatoms. The summed E-state index contributed by atoms with van der Waals surface area (Å²) in [4.78, 5) is 77.0. The van der Waals surface area contributed by atoms with Gasteiger partial charge in [0.25, 0.3) is 5.88 Å². The zero-order valence-corrected chi connectivity index (χ0v) is 29.0. The summed E-state index contributed by atoms with van der Waals surface area (Å²) in [5.41, 5.74) is -0.626. The summed E-state index contributed by atoms with van der Waals surface area (Å²) in [6.07, 6.45) is -6.65. The Morgan fingerprint density at radius 2 is 1.26 bits per heavy atom. The molecule has 264 valence electrons. The lowest BCUT2D eigenvalue weighted by Crippen LogP contribution is -2.50. The minimum Gasteiger partial charge on any atom is -0.470 e. The fourth-order valence-corrected chi connectivity index (χ4v) is 4.64. The number of esters is 5. The fourth-order valence-electron chi connectivity index (χ4n) is 4.12. The van der Waals surface area contributed by atoms with Crippen LogP contribution in [0.2, 0.25) is 0 Å². The first-order valence-corrected chi connectivity index (χ1v) is 15.7. The van der Waals surface area contributed by atoms with Crippen LogP contribution in [0.3, 0.4) is 0 Å². The van der Waals surface area contributed by atoms with Crippen LogP contribution in [0, 0.1) is 0 Å². The number of nitrogens with zero attached hydrogens (tertiary/aromatic N) is 4. The third-order valence-electron chi connectivity index (χ3n) is 6.57. The standard InChI is InChI=1S/C29H44N4O13S/c1-16(42-21(6)35)25(36)43-17(2)26(37)44-18(3)27(38)45-19(4)28(39)46-22(14-33(20(5)34)29(7,8)9)15-41-24-23(30-47-31-24)32-10-12-40-13-11-32/h16-19,22H,10-15H2,1-9H3/t16-,17-,18-,19+,22-/m0/s1. The predicted octanol–water partition coefficient (Wildman–Crippen LogP) is 1.06. The molecular formula is C29H44N4O13S. The Morgan fingerprint density at radius 1 is 0.787 bits per heavy atom. The molecule has 0 unspecified atom stereocenters. The number of amides is 1. The summed E-state index contributed by atoms with van der Waals surface area (Å²) < 4.78 is 45.3. The van der Waals surface area contributed by atoms with Crippen molar-refractivity contribution in [2.75, 3.05) is 44.4 Å². The van der Waals surface area contributed by atoms with Crippen LogP contribution >= 0.6 is 11.7 Å². The van der Waals surface area contributed by atoms with Crippen molar-refractivity contribution in [1.29, 1.82) is 0 Å². The van der Waals surface area contributed by atoms with E-state index in [0.717, 1.165) is 18.7 Å². The smallest absolute Gasteiger partial charge is 0.347 e. The van der Waals surface area contributed by atoms with Crippen molar-refractivity contribution in [3.8, 4) is 5.88 Å². The second-order valence-electron chi connectivity index (χ2n) is 11.7. The first-order valence-electron chi connectivity index (χ1n) is 15.0. The van der Waals surface area contributed by atoms with Crippen molar-refractivity contribution in [1.82, 2.24) is 13.6 Å². The molecule has 0 aromatic carbocycles. The van der Waals surface area contributed by atoms with Gasteiger partial charge in [-0.2, -0.15) is 4.37 Å². The highest BCUT2D eigenvalue weighted by molar-refractivity contribution is 6.99. The molecule has 1 aromatic rings. The Labute approximate surface area is 277 Å². The SMILES string of the molecule is CC(=O)O[C@@H](C)C(=O)O[C@@H](C)C(=O)O[C@@H](C)C(=O)O[C@H](C)C(=O)O[C@H](COc1nsnc1N1CCOCC1)CN(C(C)=O)C(C)(C)C. The minimum absolute atomic E-state index is 0.0452. The Balaban J connectivity index is 2.04. The van der Waals surface area contributed by atoms with Gasteiger partial charge in [0.05, 0.1) is 31.5 Å². The monoisotopic (exact) mass is 688 g/mol. The molecule has 1 aliphatic rings. The molecule has 1 aliphatic heterocycles. The summed E-state index contributed by atoms with van der Waals surface area (Å²) >= 11 is 0.959. The zero-order chi connectivity index (χ0) is 35.5. The highest BCUT2D eigenvalue weighted by atomic mass is 32.1. The summed E-state index contributed by atoms with van der Waals surface area (Å²) in [5, 5.41) is 0. The maximum absolute atomic E-state index is 13.1. The van der Waals surface area contributed by atoms with Gasteiger partial charge in [-0.05, 0) is 48.5 Å². The molecule has 1 aromatic heterocycles. The van der Waals surface area contributed by atoms with E-state index >= 15 is 0 Å². The van der Waals surface area contributed by atoms with Crippen LogP contribution in [0.15, 0.2) is 0 Å². The molecule has 2 heterocycles. The first kappa shape index (κ1) is 39.1. The van der Waals surface area contributed by atoms with Crippen LogP contribution in [0.5, 0.6) is 5.88 Å². The first-order chi connectivity index (χ1) is 21.9. The molecular weight excluding hydrogens is 644 g/mol. The lowest BCUT2D eigenvalue weighted by molar-refractivity contribution is -0.186. The summed E-state index contributed by atoms with van der Waals surface area (Å²) in [7, 11) is 0. The number of morpholine rings is 1.